The van der Waals surface area contributed by atoms with Crippen LogP contribution in [0.4, 0.5) is 11.4 Å². The van der Waals surface area contributed by atoms with Crippen molar-refractivity contribution in [1.29, 1.82) is 0 Å². The molecule has 5 nitrogen and oxygen atoms in total. The van der Waals surface area contributed by atoms with Gasteiger partial charge in [-0.1, -0.05) is 30.3 Å². The number of hydrogen-bond acceptors (Lipinski definition) is 5. The number of carbonyl (C=O) groups excluding carboxylic acids is 1. The predicted molar refractivity (Wildman–Crippen MR) is 113 cm³/mol. The van der Waals surface area contributed by atoms with E-state index in [4.69, 9.17) is 4.74 Å². The van der Waals surface area contributed by atoms with Crippen molar-refractivity contribution in [3.63, 3.8) is 0 Å². The molecule has 4 rings (SSSR count). The molecule has 0 aliphatic carbocycles. The Morgan fingerprint density at radius 2 is 1.86 bits per heavy atom. The van der Waals surface area contributed by atoms with Gasteiger partial charge in [0.05, 0.1) is 23.9 Å². The zero-order valence-corrected chi connectivity index (χ0v) is 16.5. The molecule has 5 heteroatoms. The van der Waals surface area contributed by atoms with E-state index < -0.39 is 0 Å². The lowest BCUT2D eigenvalue weighted by atomic mass is 9.80. The minimum Gasteiger partial charge on any atom is -0.466 e. The molecular weight excluding hydrogens is 350 g/mol. The summed E-state index contributed by atoms with van der Waals surface area (Å²) in [5.74, 6) is -0.537. The van der Waals surface area contributed by atoms with Crippen molar-refractivity contribution in [3.05, 3.63) is 77.1 Å². The Kier molecular flexibility index (Phi) is 4.51. The third-order valence-electron chi connectivity index (χ3n) is 5.27. The molecule has 1 unspecified atom stereocenters. The highest BCUT2D eigenvalue weighted by atomic mass is 16.5. The van der Waals surface area contributed by atoms with E-state index in [0.29, 0.717) is 5.57 Å². The summed E-state index contributed by atoms with van der Waals surface area (Å²) in [5, 5.41) is 4.47. The Morgan fingerprint density at radius 1 is 1.11 bits per heavy atom. The maximum atomic E-state index is 12.7. The summed E-state index contributed by atoms with van der Waals surface area (Å²) in [6.07, 6.45) is 1.79. The van der Waals surface area contributed by atoms with E-state index in [2.05, 4.69) is 51.6 Å². The number of hydrogen-bond donors (Lipinski definition) is 1. The molecule has 2 aromatic carbocycles. The highest BCUT2D eigenvalue weighted by Crippen LogP contribution is 2.44. The van der Waals surface area contributed by atoms with Crippen LogP contribution >= 0.6 is 0 Å². The Labute approximate surface area is 164 Å². The van der Waals surface area contributed by atoms with Gasteiger partial charge < -0.3 is 15.0 Å². The fourth-order valence-corrected chi connectivity index (χ4v) is 3.85. The molecule has 0 radical (unpaired) electrons. The molecule has 1 aromatic heterocycles. The summed E-state index contributed by atoms with van der Waals surface area (Å²) < 4.78 is 5.12. The summed E-state index contributed by atoms with van der Waals surface area (Å²) in [7, 11) is 5.44. The molecule has 0 fully saturated rings. The molecule has 1 N–H and O–H groups in total. The summed E-state index contributed by atoms with van der Waals surface area (Å²) in [6, 6.07) is 16.4. The summed E-state index contributed by atoms with van der Waals surface area (Å²) in [6.45, 7) is 1.91. The molecule has 142 valence electrons. The Bertz CT molecular complexity index is 1080. The molecule has 28 heavy (non-hydrogen) atoms. The maximum absolute atomic E-state index is 12.7. The van der Waals surface area contributed by atoms with Crippen molar-refractivity contribution in [1.82, 2.24) is 4.98 Å². The van der Waals surface area contributed by atoms with Crippen LogP contribution in [0.1, 0.15) is 24.0 Å². The first kappa shape index (κ1) is 18.0. The van der Waals surface area contributed by atoms with Gasteiger partial charge in [-0.2, -0.15) is 0 Å². The van der Waals surface area contributed by atoms with Crippen LogP contribution in [-0.2, 0) is 9.53 Å². The first-order chi connectivity index (χ1) is 13.5. The topological polar surface area (TPSA) is 54.5 Å². The normalized spacial score (nSPS) is 15.8. The predicted octanol–water partition coefficient (Wildman–Crippen LogP) is 4.31. The van der Waals surface area contributed by atoms with Crippen LogP contribution in [0, 0.1) is 0 Å². The Hall–Kier alpha value is -3.34. The molecule has 0 saturated carbocycles. The van der Waals surface area contributed by atoms with Crippen molar-refractivity contribution < 1.29 is 9.53 Å². The number of ether oxygens (including phenoxy) is 1. The van der Waals surface area contributed by atoms with Gasteiger partial charge in [-0.3, -0.25) is 4.98 Å². The molecule has 3 aromatic rings. The van der Waals surface area contributed by atoms with E-state index in [1.165, 1.54) is 7.11 Å². The zero-order chi connectivity index (χ0) is 19.8. The molecule has 0 saturated heterocycles. The maximum Gasteiger partial charge on any atom is 0.336 e. The molecular formula is C23H23N3O2. The number of esters is 1. The van der Waals surface area contributed by atoms with Crippen molar-refractivity contribution in [2.75, 3.05) is 31.4 Å². The van der Waals surface area contributed by atoms with E-state index >= 15 is 0 Å². The number of carbonyl (C=O) groups is 1. The smallest absolute Gasteiger partial charge is 0.336 e. The van der Waals surface area contributed by atoms with Gasteiger partial charge in [0.15, 0.2) is 0 Å². The van der Waals surface area contributed by atoms with E-state index in [-0.39, 0.29) is 11.9 Å². The average Bonchev–Trinajstić information content (AvgIpc) is 2.72. The molecule has 0 bridgehead atoms. The Morgan fingerprint density at radius 3 is 2.54 bits per heavy atom. The van der Waals surface area contributed by atoms with E-state index in [9.17, 15) is 4.79 Å². The van der Waals surface area contributed by atoms with Gasteiger partial charge in [0, 0.05) is 43.0 Å². The summed E-state index contributed by atoms with van der Waals surface area (Å²) in [4.78, 5) is 19.3. The van der Waals surface area contributed by atoms with E-state index in [1.807, 2.05) is 33.2 Å². The molecule has 0 amide bonds. The minimum absolute atomic E-state index is 0.216. The van der Waals surface area contributed by atoms with Crippen LogP contribution in [0.3, 0.4) is 0 Å². The van der Waals surface area contributed by atoms with Crippen molar-refractivity contribution in [3.8, 4) is 0 Å². The largest absolute Gasteiger partial charge is 0.466 e. The van der Waals surface area contributed by atoms with Crippen LogP contribution in [-0.4, -0.2) is 32.2 Å². The van der Waals surface area contributed by atoms with Gasteiger partial charge in [-0.05, 0) is 36.2 Å². The number of fused-ring (bicyclic) bond motifs is 3. The summed E-state index contributed by atoms with van der Waals surface area (Å²) in [5.41, 5.74) is 6.45. The molecule has 2 heterocycles. The van der Waals surface area contributed by atoms with Gasteiger partial charge in [0.25, 0.3) is 0 Å². The van der Waals surface area contributed by atoms with Gasteiger partial charge in [0.2, 0.25) is 0 Å². The van der Waals surface area contributed by atoms with E-state index in [0.717, 1.165) is 39.1 Å². The SMILES string of the molecule is COC(=O)C1=C(C)Nc2c(ccc3cccnc23)C1c1ccc(N(C)C)cc1. The number of benzene rings is 2. The molecule has 1 aliphatic heterocycles. The Balaban J connectivity index is 1.95. The van der Waals surface area contributed by atoms with E-state index in [1.54, 1.807) is 6.20 Å². The number of methoxy groups -OCH3 is 1. The second-order valence-corrected chi connectivity index (χ2v) is 7.18. The number of anilines is 2. The quantitative estimate of drug-likeness (QED) is 0.694. The van der Waals surface area contributed by atoms with Gasteiger partial charge >= 0.3 is 5.97 Å². The van der Waals surface area contributed by atoms with Gasteiger partial charge in [-0.15, -0.1) is 0 Å². The molecule has 0 spiro atoms. The number of nitrogens with one attached hydrogen (secondary N) is 1. The van der Waals surface area contributed by atoms with Crippen molar-refractivity contribution in [2.45, 2.75) is 12.8 Å². The minimum atomic E-state index is -0.321. The fraction of sp³-hybridized carbons (Fsp3) is 0.217. The number of pyridine rings is 1. The summed E-state index contributed by atoms with van der Waals surface area (Å²) >= 11 is 0. The zero-order valence-electron chi connectivity index (χ0n) is 16.5. The molecule has 1 aliphatic rings. The van der Waals surface area contributed by atoms with Gasteiger partial charge in [0.1, 0.15) is 0 Å². The second-order valence-electron chi connectivity index (χ2n) is 7.18. The van der Waals surface area contributed by atoms with Crippen LogP contribution in [0.25, 0.3) is 10.9 Å². The number of rotatable bonds is 3. The first-order valence-electron chi connectivity index (χ1n) is 9.22. The number of nitrogens with zero attached hydrogens (tertiary/aromatic N) is 2. The van der Waals surface area contributed by atoms with Gasteiger partial charge in [-0.25, -0.2) is 4.79 Å². The lowest BCUT2D eigenvalue weighted by Gasteiger charge is -2.30. The van der Waals surface area contributed by atoms with Crippen LogP contribution in [0.2, 0.25) is 0 Å². The molecule has 1 atom stereocenters. The van der Waals surface area contributed by atoms with Crippen LogP contribution < -0.4 is 10.2 Å². The van der Waals surface area contributed by atoms with Crippen molar-refractivity contribution >= 4 is 28.2 Å². The standard InChI is InChI=1S/C23H23N3O2/c1-14-19(23(27)28-4)20(15-7-10-17(11-8-15)26(2)3)18-12-9-16-6-5-13-24-21(16)22(18)25-14/h5-13,20,25H,1-4H3. The fourth-order valence-electron chi connectivity index (χ4n) is 3.85. The third-order valence-corrected chi connectivity index (χ3v) is 5.27. The lowest BCUT2D eigenvalue weighted by Crippen LogP contribution is -2.24. The lowest BCUT2D eigenvalue weighted by molar-refractivity contribution is -0.136. The number of allylic oxidation sites excluding steroid dienone is 1. The average molecular weight is 373 g/mol. The highest BCUT2D eigenvalue weighted by Gasteiger charge is 2.33. The highest BCUT2D eigenvalue weighted by molar-refractivity contribution is 6.00. The second kappa shape index (κ2) is 7.00. The monoisotopic (exact) mass is 373 g/mol. The van der Waals surface area contributed by atoms with Crippen LogP contribution in [0.15, 0.2) is 66.0 Å². The van der Waals surface area contributed by atoms with Crippen molar-refractivity contribution in [2.24, 2.45) is 0 Å². The first-order valence-corrected chi connectivity index (χ1v) is 9.22. The third kappa shape index (κ3) is 2.89. The van der Waals surface area contributed by atoms with Crippen LogP contribution in [0.5, 0.6) is 0 Å². The number of aromatic nitrogens is 1.